The van der Waals surface area contributed by atoms with Gasteiger partial charge in [0.15, 0.2) is 0 Å². The zero-order chi connectivity index (χ0) is 15.8. The number of aromatic nitrogens is 1. The predicted octanol–water partition coefficient (Wildman–Crippen LogP) is 2.73. The fourth-order valence-electron chi connectivity index (χ4n) is 2.76. The number of hydrogen-bond acceptors (Lipinski definition) is 5. The molecule has 1 fully saturated rings. The Morgan fingerprint density at radius 2 is 2.14 bits per heavy atom. The topological polar surface area (TPSA) is 60.5 Å². The Morgan fingerprint density at radius 3 is 2.82 bits per heavy atom. The van der Waals surface area contributed by atoms with Crippen LogP contribution in [0.4, 0.5) is 0 Å². The Labute approximate surface area is 132 Å². The molecule has 0 amide bonds. The molecule has 22 heavy (non-hydrogen) atoms. The Morgan fingerprint density at radius 1 is 1.36 bits per heavy atom. The van der Waals surface area contributed by atoms with Crippen molar-refractivity contribution in [3.05, 3.63) is 23.4 Å². The number of hydrogen-bond donors (Lipinski definition) is 1. The van der Waals surface area contributed by atoms with E-state index in [0.717, 1.165) is 25.4 Å². The summed E-state index contributed by atoms with van der Waals surface area (Å²) in [4.78, 5) is 16.0. The molecule has 0 saturated carbocycles. The number of rotatable bonds is 7. The fraction of sp³-hybridized carbons (Fsp3) is 0.647. The number of nitrogens with zero attached hydrogens (tertiary/aromatic N) is 1. The van der Waals surface area contributed by atoms with Crippen LogP contribution in [0, 0.1) is 12.8 Å². The van der Waals surface area contributed by atoms with Crippen molar-refractivity contribution in [1.82, 2.24) is 10.3 Å². The predicted molar refractivity (Wildman–Crippen MR) is 85.3 cm³/mol. The van der Waals surface area contributed by atoms with E-state index in [4.69, 9.17) is 9.47 Å². The van der Waals surface area contributed by atoms with E-state index in [1.54, 1.807) is 26.0 Å². The highest BCUT2D eigenvalue weighted by atomic mass is 16.5. The maximum absolute atomic E-state index is 11.7. The van der Waals surface area contributed by atoms with Gasteiger partial charge in [-0.15, -0.1) is 0 Å². The molecule has 0 spiro atoms. The van der Waals surface area contributed by atoms with Gasteiger partial charge in [-0.05, 0) is 64.6 Å². The van der Waals surface area contributed by atoms with Crippen molar-refractivity contribution in [1.29, 1.82) is 0 Å². The zero-order valence-electron chi connectivity index (χ0n) is 13.6. The summed E-state index contributed by atoms with van der Waals surface area (Å²) in [5.74, 6) is 1.08. The van der Waals surface area contributed by atoms with Gasteiger partial charge >= 0.3 is 5.97 Å². The Balaban J connectivity index is 1.75. The summed E-state index contributed by atoms with van der Waals surface area (Å²) in [6, 6.07) is 3.46. The van der Waals surface area contributed by atoms with Crippen molar-refractivity contribution in [2.24, 2.45) is 5.92 Å². The molecule has 1 aromatic heterocycles. The molecule has 0 unspecified atom stereocenters. The molecule has 1 aromatic rings. The molecule has 122 valence electrons. The quantitative estimate of drug-likeness (QED) is 0.620. The second-order valence-corrected chi connectivity index (χ2v) is 5.69. The van der Waals surface area contributed by atoms with Crippen molar-refractivity contribution in [2.75, 3.05) is 26.3 Å². The minimum Gasteiger partial charge on any atom is -0.478 e. The molecule has 1 N–H and O–H groups in total. The lowest BCUT2D eigenvalue weighted by atomic mass is 9.93. The molecular weight excluding hydrogens is 280 g/mol. The van der Waals surface area contributed by atoms with Gasteiger partial charge in [-0.1, -0.05) is 0 Å². The highest BCUT2D eigenvalue weighted by molar-refractivity contribution is 5.90. The average molecular weight is 306 g/mol. The summed E-state index contributed by atoms with van der Waals surface area (Å²) < 4.78 is 10.7. The lowest BCUT2D eigenvalue weighted by molar-refractivity contribution is 0.0525. The van der Waals surface area contributed by atoms with Crippen molar-refractivity contribution in [3.8, 4) is 5.88 Å². The Hall–Kier alpha value is -1.62. The lowest BCUT2D eigenvalue weighted by Crippen LogP contribution is -2.27. The van der Waals surface area contributed by atoms with E-state index in [9.17, 15) is 4.79 Å². The molecule has 1 aliphatic heterocycles. The SMILES string of the molecule is CCOC(=O)c1ccc(OCCCC2CCNCC2)nc1C. The number of aryl methyl sites for hydroxylation is 1. The molecule has 0 aliphatic carbocycles. The van der Waals surface area contributed by atoms with E-state index in [1.807, 2.05) is 0 Å². The van der Waals surface area contributed by atoms with Crippen LogP contribution in [0.25, 0.3) is 0 Å². The molecule has 0 atom stereocenters. The summed E-state index contributed by atoms with van der Waals surface area (Å²) >= 11 is 0. The minimum absolute atomic E-state index is 0.329. The maximum Gasteiger partial charge on any atom is 0.339 e. The first kappa shape index (κ1) is 16.7. The maximum atomic E-state index is 11.7. The van der Waals surface area contributed by atoms with Gasteiger partial charge in [-0.3, -0.25) is 0 Å². The third-order valence-electron chi connectivity index (χ3n) is 4.02. The first-order valence-corrected chi connectivity index (χ1v) is 8.19. The van der Waals surface area contributed by atoms with Gasteiger partial charge in [-0.25, -0.2) is 9.78 Å². The Bertz CT molecular complexity index is 485. The number of piperidine rings is 1. The van der Waals surface area contributed by atoms with Gasteiger partial charge in [0.05, 0.1) is 24.5 Å². The molecule has 5 nitrogen and oxygen atoms in total. The molecular formula is C17H26N2O3. The molecule has 0 radical (unpaired) electrons. The van der Waals surface area contributed by atoms with Crippen molar-refractivity contribution in [2.45, 2.75) is 39.5 Å². The smallest absolute Gasteiger partial charge is 0.339 e. The van der Waals surface area contributed by atoms with Gasteiger partial charge in [0.1, 0.15) is 0 Å². The van der Waals surface area contributed by atoms with Crippen LogP contribution in [0.2, 0.25) is 0 Å². The molecule has 2 rings (SSSR count). The second-order valence-electron chi connectivity index (χ2n) is 5.69. The van der Waals surface area contributed by atoms with Crippen LogP contribution >= 0.6 is 0 Å². The van der Waals surface area contributed by atoms with Gasteiger partial charge in [-0.2, -0.15) is 0 Å². The third-order valence-corrected chi connectivity index (χ3v) is 4.02. The second kappa shape index (κ2) is 8.73. The normalized spacial score (nSPS) is 15.5. The third kappa shape index (κ3) is 4.98. The van der Waals surface area contributed by atoms with E-state index in [0.29, 0.717) is 30.4 Å². The van der Waals surface area contributed by atoms with Crippen LogP contribution in [0.1, 0.15) is 48.7 Å². The summed E-state index contributed by atoms with van der Waals surface area (Å²) in [6.45, 7) is 6.92. The van der Waals surface area contributed by atoms with Crippen molar-refractivity contribution < 1.29 is 14.3 Å². The monoisotopic (exact) mass is 306 g/mol. The number of nitrogens with one attached hydrogen (secondary N) is 1. The van der Waals surface area contributed by atoms with E-state index in [2.05, 4.69) is 10.3 Å². The molecule has 5 heteroatoms. The van der Waals surface area contributed by atoms with Crippen LogP contribution in [0.3, 0.4) is 0 Å². The zero-order valence-corrected chi connectivity index (χ0v) is 13.6. The van der Waals surface area contributed by atoms with E-state index in [-0.39, 0.29) is 5.97 Å². The van der Waals surface area contributed by atoms with Crippen LogP contribution in [0.15, 0.2) is 12.1 Å². The largest absolute Gasteiger partial charge is 0.478 e. The van der Waals surface area contributed by atoms with Crippen LogP contribution in [-0.4, -0.2) is 37.3 Å². The summed E-state index contributed by atoms with van der Waals surface area (Å²) in [5, 5.41) is 3.38. The molecule has 1 saturated heterocycles. The van der Waals surface area contributed by atoms with E-state index in [1.165, 1.54) is 19.3 Å². The first-order chi connectivity index (χ1) is 10.7. The molecule has 2 heterocycles. The van der Waals surface area contributed by atoms with Gasteiger partial charge in [0.25, 0.3) is 0 Å². The minimum atomic E-state index is -0.329. The Kier molecular flexibility index (Phi) is 6.65. The molecule has 1 aliphatic rings. The van der Waals surface area contributed by atoms with Crippen LogP contribution < -0.4 is 10.1 Å². The highest BCUT2D eigenvalue weighted by Gasteiger charge is 2.13. The van der Waals surface area contributed by atoms with Gasteiger partial charge < -0.3 is 14.8 Å². The lowest BCUT2D eigenvalue weighted by Gasteiger charge is -2.22. The van der Waals surface area contributed by atoms with Crippen LogP contribution in [-0.2, 0) is 4.74 Å². The number of carbonyl (C=O) groups is 1. The van der Waals surface area contributed by atoms with Gasteiger partial charge in [0, 0.05) is 6.07 Å². The summed E-state index contributed by atoms with van der Waals surface area (Å²) in [6.07, 6.45) is 4.80. The standard InChI is InChI=1S/C17H26N2O3/c1-3-21-17(20)15-6-7-16(19-13(15)2)22-12-4-5-14-8-10-18-11-9-14/h6-7,14,18H,3-5,8-12H2,1-2H3. The molecule has 0 bridgehead atoms. The highest BCUT2D eigenvalue weighted by Crippen LogP contribution is 2.18. The van der Waals surface area contributed by atoms with E-state index >= 15 is 0 Å². The molecule has 0 aromatic carbocycles. The van der Waals surface area contributed by atoms with Crippen molar-refractivity contribution in [3.63, 3.8) is 0 Å². The first-order valence-electron chi connectivity index (χ1n) is 8.19. The number of ether oxygens (including phenoxy) is 2. The van der Waals surface area contributed by atoms with Gasteiger partial charge in [0.2, 0.25) is 5.88 Å². The number of carbonyl (C=O) groups excluding carboxylic acids is 1. The van der Waals surface area contributed by atoms with Crippen LogP contribution in [0.5, 0.6) is 5.88 Å². The number of pyridine rings is 1. The summed E-state index contributed by atoms with van der Waals surface area (Å²) in [7, 11) is 0. The average Bonchev–Trinajstić information content (AvgIpc) is 2.53. The van der Waals surface area contributed by atoms with E-state index < -0.39 is 0 Å². The number of esters is 1. The summed E-state index contributed by atoms with van der Waals surface area (Å²) in [5.41, 5.74) is 1.15. The van der Waals surface area contributed by atoms with Crippen molar-refractivity contribution >= 4 is 5.97 Å². The fourth-order valence-corrected chi connectivity index (χ4v) is 2.76.